The highest BCUT2D eigenvalue weighted by atomic mass is 16.5. The number of hydrogen-bond donors (Lipinski definition) is 2. The summed E-state index contributed by atoms with van der Waals surface area (Å²) in [6.07, 6.45) is 0. The van der Waals surface area contributed by atoms with Crippen LogP contribution in [-0.2, 0) is 13.2 Å². The summed E-state index contributed by atoms with van der Waals surface area (Å²) in [6, 6.07) is 15.0. The summed E-state index contributed by atoms with van der Waals surface area (Å²) in [6.45, 7) is 0.231. The molecule has 102 valence electrons. The quantitative estimate of drug-likeness (QED) is 0.835. The van der Waals surface area contributed by atoms with E-state index < -0.39 is 0 Å². The molecule has 0 fully saturated rings. The van der Waals surface area contributed by atoms with Gasteiger partial charge in [0.15, 0.2) is 0 Å². The first-order valence-corrected chi connectivity index (χ1v) is 6.33. The molecule has 0 aliphatic heterocycles. The van der Waals surface area contributed by atoms with Crippen molar-refractivity contribution in [2.45, 2.75) is 13.2 Å². The number of aliphatic hydroxyl groups excluding tert-OH is 2. The highest BCUT2D eigenvalue weighted by Crippen LogP contribution is 2.16. The van der Waals surface area contributed by atoms with Gasteiger partial charge in [0.2, 0.25) is 0 Å². The van der Waals surface area contributed by atoms with Crippen LogP contribution in [-0.4, -0.2) is 16.8 Å². The van der Waals surface area contributed by atoms with E-state index in [0.29, 0.717) is 12.4 Å². The van der Waals surface area contributed by atoms with Crippen LogP contribution in [0.1, 0.15) is 16.7 Å². The maximum atomic E-state index is 9.09. The molecule has 3 nitrogen and oxygen atoms in total. The van der Waals surface area contributed by atoms with Crippen LogP contribution in [0.2, 0.25) is 0 Å². The fraction of sp³-hybridized carbons (Fsp3) is 0.176. The summed E-state index contributed by atoms with van der Waals surface area (Å²) in [5.41, 5.74) is 2.62. The van der Waals surface area contributed by atoms with Gasteiger partial charge in [0.25, 0.3) is 0 Å². The van der Waals surface area contributed by atoms with Crippen molar-refractivity contribution in [1.29, 1.82) is 0 Å². The van der Waals surface area contributed by atoms with Crippen LogP contribution < -0.4 is 4.74 Å². The predicted molar refractivity (Wildman–Crippen MR) is 77.1 cm³/mol. The van der Waals surface area contributed by atoms with Gasteiger partial charge in [0, 0.05) is 11.1 Å². The summed E-state index contributed by atoms with van der Waals surface area (Å²) in [5, 5.41) is 17.8. The Morgan fingerprint density at radius 2 is 1.85 bits per heavy atom. The highest BCUT2D eigenvalue weighted by Gasteiger charge is 2.01. The summed E-state index contributed by atoms with van der Waals surface area (Å²) in [5.74, 6) is 6.25. The Balaban J connectivity index is 2.10. The summed E-state index contributed by atoms with van der Waals surface area (Å²) in [4.78, 5) is 0. The van der Waals surface area contributed by atoms with Crippen LogP contribution >= 0.6 is 0 Å². The zero-order chi connectivity index (χ0) is 14.2. The predicted octanol–water partition coefficient (Wildman–Crippen LogP) is 2.10. The molecule has 0 unspecified atom stereocenters. The van der Waals surface area contributed by atoms with Crippen LogP contribution in [0.5, 0.6) is 5.75 Å². The van der Waals surface area contributed by atoms with Crippen LogP contribution in [0.15, 0.2) is 48.5 Å². The van der Waals surface area contributed by atoms with Gasteiger partial charge in [-0.25, -0.2) is 0 Å². The second kappa shape index (κ2) is 7.34. The van der Waals surface area contributed by atoms with Gasteiger partial charge in [0.05, 0.1) is 6.61 Å². The Kier molecular flexibility index (Phi) is 5.19. The topological polar surface area (TPSA) is 49.7 Å². The Bertz CT molecular complexity index is 623. The van der Waals surface area contributed by atoms with Gasteiger partial charge in [-0.05, 0) is 23.8 Å². The fourth-order valence-corrected chi connectivity index (χ4v) is 1.80. The van der Waals surface area contributed by atoms with Gasteiger partial charge < -0.3 is 14.9 Å². The van der Waals surface area contributed by atoms with Crippen molar-refractivity contribution in [3.05, 3.63) is 65.2 Å². The van der Waals surface area contributed by atoms with Gasteiger partial charge in [-0.2, -0.15) is 0 Å². The standard InChI is InChI=1S/C17H16O3/c18-10-4-8-15-6-1-2-7-16(15)13-20-17-9-3-5-14(11-17)12-19/h1-3,5-7,9,11,18-19H,10,12-13H2. The molecule has 0 radical (unpaired) electrons. The Morgan fingerprint density at radius 3 is 2.65 bits per heavy atom. The Labute approximate surface area is 118 Å². The molecule has 2 N–H and O–H groups in total. The first-order valence-electron chi connectivity index (χ1n) is 6.33. The molecule has 2 rings (SSSR count). The van der Waals surface area contributed by atoms with E-state index in [1.165, 1.54) is 0 Å². The van der Waals surface area contributed by atoms with Gasteiger partial charge in [0.1, 0.15) is 19.0 Å². The minimum Gasteiger partial charge on any atom is -0.489 e. The van der Waals surface area contributed by atoms with Crippen molar-refractivity contribution in [1.82, 2.24) is 0 Å². The van der Waals surface area contributed by atoms with Crippen LogP contribution in [0.4, 0.5) is 0 Å². The Hall–Kier alpha value is -2.28. The molecular weight excluding hydrogens is 252 g/mol. The molecule has 2 aromatic rings. The summed E-state index contributed by atoms with van der Waals surface area (Å²) < 4.78 is 5.71. The second-order valence-electron chi connectivity index (χ2n) is 4.21. The average Bonchev–Trinajstić information content (AvgIpc) is 2.52. The van der Waals surface area contributed by atoms with E-state index in [9.17, 15) is 0 Å². The molecule has 20 heavy (non-hydrogen) atoms. The summed E-state index contributed by atoms with van der Waals surface area (Å²) in [7, 11) is 0. The molecule has 0 aliphatic carbocycles. The van der Waals surface area contributed by atoms with E-state index in [1.54, 1.807) is 0 Å². The average molecular weight is 268 g/mol. The van der Waals surface area contributed by atoms with Crippen LogP contribution in [0.3, 0.4) is 0 Å². The molecule has 0 aromatic heterocycles. The molecule has 0 aliphatic rings. The lowest BCUT2D eigenvalue weighted by Crippen LogP contribution is -1.98. The SMILES string of the molecule is OCC#Cc1ccccc1COc1cccc(CO)c1. The number of ether oxygens (including phenoxy) is 1. The van der Waals surface area contributed by atoms with Gasteiger partial charge in [-0.3, -0.25) is 0 Å². The number of aliphatic hydroxyl groups is 2. The zero-order valence-corrected chi connectivity index (χ0v) is 11.0. The molecule has 0 saturated carbocycles. The van der Waals surface area contributed by atoms with Gasteiger partial charge >= 0.3 is 0 Å². The first kappa shape index (κ1) is 14.1. The van der Waals surface area contributed by atoms with Crippen molar-refractivity contribution in [2.24, 2.45) is 0 Å². The Morgan fingerprint density at radius 1 is 1.00 bits per heavy atom. The lowest BCUT2D eigenvalue weighted by atomic mass is 10.1. The maximum Gasteiger partial charge on any atom is 0.120 e. The molecular formula is C17H16O3. The van der Waals surface area contributed by atoms with E-state index in [2.05, 4.69) is 11.8 Å². The van der Waals surface area contributed by atoms with Crippen molar-refractivity contribution in [2.75, 3.05) is 6.61 Å². The largest absolute Gasteiger partial charge is 0.489 e. The third-order valence-electron chi connectivity index (χ3n) is 2.79. The zero-order valence-electron chi connectivity index (χ0n) is 11.0. The van der Waals surface area contributed by atoms with E-state index in [0.717, 1.165) is 16.7 Å². The fourth-order valence-electron chi connectivity index (χ4n) is 1.80. The van der Waals surface area contributed by atoms with Crippen molar-refractivity contribution in [3.63, 3.8) is 0 Å². The smallest absolute Gasteiger partial charge is 0.120 e. The minimum absolute atomic E-state index is 0.00420. The van der Waals surface area contributed by atoms with E-state index in [4.69, 9.17) is 14.9 Å². The second-order valence-corrected chi connectivity index (χ2v) is 4.21. The van der Waals surface area contributed by atoms with E-state index >= 15 is 0 Å². The number of benzene rings is 2. The number of rotatable bonds is 4. The molecule has 0 amide bonds. The van der Waals surface area contributed by atoms with Gasteiger partial charge in [-0.1, -0.05) is 42.2 Å². The molecule has 2 aromatic carbocycles. The maximum absolute atomic E-state index is 9.09. The van der Waals surface area contributed by atoms with Crippen molar-refractivity contribution < 1.29 is 14.9 Å². The van der Waals surface area contributed by atoms with Crippen molar-refractivity contribution in [3.8, 4) is 17.6 Å². The number of hydrogen-bond acceptors (Lipinski definition) is 3. The molecule has 0 atom stereocenters. The lowest BCUT2D eigenvalue weighted by molar-refractivity contribution is 0.278. The molecule has 0 spiro atoms. The monoisotopic (exact) mass is 268 g/mol. The van der Waals surface area contributed by atoms with Crippen LogP contribution in [0, 0.1) is 11.8 Å². The summed E-state index contributed by atoms with van der Waals surface area (Å²) >= 11 is 0. The minimum atomic E-state index is -0.159. The molecule has 0 heterocycles. The third-order valence-corrected chi connectivity index (χ3v) is 2.79. The molecule has 0 bridgehead atoms. The third kappa shape index (κ3) is 3.86. The van der Waals surface area contributed by atoms with Gasteiger partial charge in [-0.15, -0.1) is 0 Å². The van der Waals surface area contributed by atoms with Crippen molar-refractivity contribution >= 4 is 0 Å². The lowest BCUT2D eigenvalue weighted by Gasteiger charge is -2.09. The van der Waals surface area contributed by atoms with Crippen LogP contribution in [0.25, 0.3) is 0 Å². The highest BCUT2D eigenvalue weighted by molar-refractivity contribution is 5.41. The molecule has 3 heteroatoms. The molecule has 0 saturated heterocycles. The first-order chi connectivity index (χ1) is 9.83. The van der Waals surface area contributed by atoms with E-state index in [1.807, 2.05) is 48.5 Å². The normalized spacial score (nSPS) is 9.70. The van der Waals surface area contributed by atoms with E-state index in [-0.39, 0.29) is 13.2 Å².